The van der Waals surface area contributed by atoms with Crippen molar-refractivity contribution in [1.29, 1.82) is 0 Å². The smallest absolute Gasteiger partial charge is 0.282 e. The topological polar surface area (TPSA) is 109 Å². The monoisotopic (exact) mass is 280 g/mol. The molecule has 0 atom stereocenters. The summed E-state index contributed by atoms with van der Waals surface area (Å²) in [5, 5.41) is 0. The van der Waals surface area contributed by atoms with Crippen molar-refractivity contribution in [3.8, 4) is 0 Å². The maximum absolute atomic E-state index is 11.2. The van der Waals surface area contributed by atoms with Crippen LogP contribution in [0.3, 0.4) is 0 Å². The minimum atomic E-state index is -4.71. The molecule has 1 aromatic carbocycles. The van der Waals surface area contributed by atoms with Gasteiger partial charge in [-0.2, -0.15) is 16.8 Å². The standard InChI is InChI=1S/C9H12O6S2/c1-2-4-7-5-3-6-8(16(10,11)12)9(7)17(13,14)15/h3,5-6H,2,4H2,1H3,(H,10,11,12)(H,13,14,15). The van der Waals surface area contributed by atoms with Crippen LogP contribution < -0.4 is 0 Å². The SMILES string of the molecule is CCCc1cccc(S(=O)(=O)O)c1S(=O)(=O)O. The van der Waals surface area contributed by atoms with Crippen molar-refractivity contribution in [2.75, 3.05) is 0 Å². The molecule has 1 aromatic rings. The van der Waals surface area contributed by atoms with Crippen LogP contribution in [0.5, 0.6) is 0 Å². The lowest BCUT2D eigenvalue weighted by Gasteiger charge is -2.09. The number of hydrogen-bond acceptors (Lipinski definition) is 4. The summed E-state index contributed by atoms with van der Waals surface area (Å²) in [5.74, 6) is 0. The molecule has 0 aliphatic carbocycles. The van der Waals surface area contributed by atoms with E-state index in [9.17, 15) is 16.8 Å². The van der Waals surface area contributed by atoms with Gasteiger partial charge in [-0.05, 0) is 18.1 Å². The molecule has 0 bridgehead atoms. The van der Waals surface area contributed by atoms with Crippen LogP contribution in [0.25, 0.3) is 0 Å². The van der Waals surface area contributed by atoms with Gasteiger partial charge in [0.15, 0.2) is 0 Å². The molecule has 0 fully saturated rings. The summed E-state index contributed by atoms with van der Waals surface area (Å²) in [5.41, 5.74) is 0.158. The Bertz CT molecular complexity index is 615. The molecule has 6 nitrogen and oxygen atoms in total. The zero-order valence-corrected chi connectivity index (χ0v) is 10.6. The summed E-state index contributed by atoms with van der Waals surface area (Å²) in [6, 6.07) is 3.63. The molecule has 0 amide bonds. The average Bonchev–Trinajstić information content (AvgIpc) is 2.14. The predicted octanol–water partition coefficient (Wildman–Crippen LogP) is 1.13. The van der Waals surface area contributed by atoms with Gasteiger partial charge in [0.2, 0.25) is 0 Å². The van der Waals surface area contributed by atoms with Gasteiger partial charge >= 0.3 is 0 Å². The van der Waals surface area contributed by atoms with Crippen LogP contribution in [0.15, 0.2) is 28.0 Å². The fourth-order valence-corrected chi connectivity index (χ4v) is 3.59. The highest BCUT2D eigenvalue weighted by Crippen LogP contribution is 2.25. The van der Waals surface area contributed by atoms with E-state index in [1.54, 1.807) is 6.92 Å². The molecule has 0 aliphatic heterocycles. The molecule has 0 spiro atoms. The van der Waals surface area contributed by atoms with E-state index in [0.29, 0.717) is 6.42 Å². The Labute approximate surface area is 99.8 Å². The minimum Gasteiger partial charge on any atom is -0.282 e. The Balaban J connectivity index is 3.70. The normalized spacial score (nSPS) is 12.6. The first kappa shape index (κ1) is 14.1. The number of benzene rings is 1. The minimum absolute atomic E-state index is 0.158. The summed E-state index contributed by atoms with van der Waals surface area (Å²) in [4.78, 5) is -1.55. The molecular formula is C9H12O6S2. The van der Waals surface area contributed by atoms with Gasteiger partial charge in [-0.3, -0.25) is 9.11 Å². The Morgan fingerprint density at radius 2 is 1.65 bits per heavy atom. The Kier molecular flexibility index (Phi) is 3.92. The van der Waals surface area contributed by atoms with Crippen LogP contribution in [0, 0.1) is 0 Å². The highest BCUT2D eigenvalue weighted by Gasteiger charge is 2.26. The third-order valence-corrected chi connectivity index (χ3v) is 4.14. The number of aryl methyl sites for hydroxylation is 1. The molecule has 0 unspecified atom stereocenters. The second-order valence-electron chi connectivity index (χ2n) is 3.44. The van der Waals surface area contributed by atoms with Crippen LogP contribution >= 0.6 is 0 Å². The Morgan fingerprint density at radius 3 is 2.06 bits per heavy atom. The maximum Gasteiger partial charge on any atom is 0.296 e. The third-order valence-electron chi connectivity index (χ3n) is 2.12. The zero-order chi connectivity index (χ0) is 13.3. The van der Waals surface area contributed by atoms with Crippen LogP contribution in [-0.2, 0) is 26.7 Å². The van der Waals surface area contributed by atoms with Gasteiger partial charge in [0, 0.05) is 0 Å². The van der Waals surface area contributed by atoms with Gasteiger partial charge in [-0.25, -0.2) is 0 Å². The number of rotatable bonds is 4. The van der Waals surface area contributed by atoms with Crippen molar-refractivity contribution >= 4 is 20.2 Å². The molecule has 0 saturated carbocycles. The van der Waals surface area contributed by atoms with E-state index >= 15 is 0 Å². The maximum atomic E-state index is 11.2. The summed E-state index contributed by atoms with van der Waals surface area (Å²) >= 11 is 0. The van der Waals surface area contributed by atoms with E-state index in [1.807, 2.05) is 0 Å². The first-order valence-electron chi connectivity index (χ1n) is 4.74. The fraction of sp³-hybridized carbons (Fsp3) is 0.333. The first-order valence-corrected chi connectivity index (χ1v) is 7.62. The van der Waals surface area contributed by atoms with Crippen molar-refractivity contribution in [3.05, 3.63) is 23.8 Å². The van der Waals surface area contributed by atoms with Gasteiger partial charge in [-0.15, -0.1) is 0 Å². The average molecular weight is 280 g/mol. The quantitative estimate of drug-likeness (QED) is 0.800. The lowest BCUT2D eigenvalue weighted by Crippen LogP contribution is -2.11. The van der Waals surface area contributed by atoms with E-state index in [2.05, 4.69) is 0 Å². The van der Waals surface area contributed by atoms with Gasteiger partial charge in [0.25, 0.3) is 20.2 Å². The second-order valence-corrected chi connectivity index (χ2v) is 6.19. The van der Waals surface area contributed by atoms with E-state index in [-0.39, 0.29) is 12.0 Å². The fourth-order valence-electron chi connectivity index (χ4n) is 1.52. The molecule has 8 heteroatoms. The zero-order valence-electron chi connectivity index (χ0n) is 8.99. The molecule has 0 radical (unpaired) electrons. The van der Waals surface area contributed by atoms with Gasteiger partial charge in [0.05, 0.1) is 0 Å². The highest BCUT2D eigenvalue weighted by molar-refractivity contribution is 7.89. The molecule has 96 valence electrons. The van der Waals surface area contributed by atoms with E-state index < -0.39 is 30.0 Å². The van der Waals surface area contributed by atoms with E-state index in [4.69, 9.17) is 9.11 Å². The summed E-state index contributed by atoms with van der Waals surface area (Å²) in [7, 11) is -9.41. The molecule has 17 heavy (non-hydrogen) atoms. The van der Waals surface area contributed by atoms with Gasteiger partial charge in [-0.1, -0.05) is 25.5 Å². The van der Waals surface area contributed by atoms with E-state index in [1.165, 1.54) is 12.1 Å². The lowest BCUT2D eigenvalue weighted by molar-refractivity contribution is 0.465. The van der Waals surface area contributed by atoms with Crippen LogP contribution in [0.2, 0.25) is 0 Å². The van der Waals surface area contributed by atoms with Crippen molar-refractivity contribution in [2.24, 2.45) is 0 Å². The molecule has 0 aromatic heterocycles. The van der Waals surface area contributed by atoms with Crippen molar-refractivity contribution < 1.29 is 25.9 Å². The predicted molar refractivity (Wildman–Crippen MR) is 60.1 cm³/mol. The van der Waals surface area contributed by atoms with Crippen molar-refractivity contribution in [3.63, 3.8) is 0 Å². The second kappa shape index (κ2) is 4.73. The molecule has 0 aliphatic rings. The summed E-state index contributed by atoms with van der Waals surface area (Å²) in [6.45, 7) is 1.77. The third kappa shape index (κ3) is 3.25. The molecule has 0 heterocycles. The van der Waals surface area contributed by atoms with Crippen molar-refractivity contribution in [1.82, 2.24) is 0 Å². The largest absolute Gasteiger partial charge is 0.296 e. The number of hydrogen-bond donors (Lipinski definition) is 2. The Hall–Kier alpha value is -0.960. The molecular weight excluding hydrogens is 268 g/mol. The van der Waals surface area contributed by atoms with Crippen LogP contribution in [-0.4, -0.2) is 25.9 Å². The van der Waals surface area contributed by atoms with Gasteiger partial charge in [0.1, 0.15) is 9.79 Å². The Morgan fingerprint density at radius 1 is 1.06 bits per heavy atom. The van der Waals surface area contributed by atoms with Crippen LogP contribution in [0.4, 0.5) is 0 Å². The summed E-state index contributed by atoms with van der Waals surface area (Å²) < 4.78 is 62.4. The van der Waals surface area contributed by atoms with Crippen LogP contribution in [0.1, 0.15) is 18.9 Å². The molecule has 0 saturated heterocycles. The van der Waals surface area contributed by atoms with E-state index in [0.717, 1.165) is 6.07 Å². The molecule has 2 N–H and O–H groups in total. The lowest BCUT2D eigenvalue weighted by atomic mass is 10.1. The summed E-state index contributed by atoms with van der Waals surface area (Å²) in [6.07, 6.45) is 0.843. The highest BCUT2D eigenvalue weighted by atomic mass is 32.2. The van der Waals surface area contributed by atoms with Crippen molar-refractivity contribution in [2.45, 2.75) is 29.6 Å². The molecule has 1 rings (SSSR count). The first-order chi connectivity index (χ1) is 7.68. The van der Waals surface area contributed by atoms with Gasteiger partial charge < -0.3 is 0 Å².